The lowest BCUT2D eigenvalue weighted by molar-refractivity contribution is 1.47. The Labute approximate surface area is 259 Å². The van der Waals surface area contributed by atoms with Gasteiger partial charge in [0.2, 0.25) is 0 Å². The fraction of sp³-hybridized carbons (Fsp3) is 0. The first-order chi connectivity index (χ1) is 21.7. The van der Waals surface area contributed by atoms with Gasteiger partial charge in [0, 0.05) is 5.56 Å². The molecule has 0 heterocycles. The van der Waals surface area contributed by atoms with Crippen molar-refractivity contribution in [3.63, 3.8) is 0 Å². The lowest BCUT2D eigenvalue weighted by atomic mass is 9.92. The third kappa shape index (κ3) is 5.58. The maximum Gasteiger partial charge on any atom is 0.0998 e. The molecule has 0 unspecified atom stereocenters. The molecular formula is C43H29N. The number of nitrogens with zero attached hydrogens (tertiary/aromatic N) is 1. The molecule has 0 saturated carbocycles. The van der Waals surface area contributed by atoms with E-state index in [-0.39, 0.29) is 0 Å². The lowest BCUT2D eigenvalue weighted by Crippen LogP contribution is -1.88. The maximum atomic E-state index is 9.96. The van der Waals surface area contributed by atoms with Crippen molar-refractivity contribution in [2.75, 3.05) is 0 Å². The van der Waals surface area contributed by atoms with Gasteiger partial charge in [0.1, 0.15) is 0 Å². The van der Waals surface area contributed by atoms with Crippen molar-refractivity contribution in [1.82, 2.24) is 0 Å². The fourth-order valence-electron chi connectivity index (χ4n) is 5.78. The van der Waals surface area contributed by atoms with Gasteiger partial charge in [0.15, 0.2) is 0 Å². The zero-order valence-corrected chi connectivity index (χ0v) is 24.2. The second-order valence-electron chi connectivity index (χ2n) is 10.9. The predicted molar refractivity (Wildman–Crippen MR) is 184 cm³/mol. The lowest BCUT2D eigenvalue weighted by Gasteiger charge is -2.11. The molecule has 0 spiro atoms. The highest BCUT2D eigenvalue weighted by atomic mass is 14.2. The minimum absolute atomic E-state index is 0.667. The summed E-state index contributed by atoms with van der Waals surface area (Å²) >= 11 is 0. The first-order valence-corrected chi connectivity index (χ1v) is 14.8. The van der Waals surface area contributed by atoms with Crippen LogP contribution in [-0.2, 0) is 0 Å². The smallest absolute Gasteiger partial charge is 0.0998 e. The van der Waals surface area contributed by atoms with Gasteiger partial charge in [-0.2, -0.15) is 5.26 Å². The van der Waals surface area contributed by atoms with Gasteiger partial charge in [0.25, 0.3) is 0 Å². The van der Waals surface area contributed by atoms with Gasteiger partial charge in [-0.3, -0.25) is 0 Å². The van der Waals surface area contributed by atoms with E-state index in [9.17, 15) is 5.26 Å². The minimum atomic E-state index is 0.667. The van der Waals surface area contributed by atoms with Gasteiger partial charge in [-0.25, -0.2) is 0 Å². The molecule has 0 fully saturated rings. The minimum Gasteiger partial charge on any atom is -0.192 e. The molecule has 0 amide bonds. The number of rotatable bonds is 6. The fourth-order valence-corrected chi connectivity index (χ4v) is 5.78. The van der Waals surface area contributed by atoms with Crippen LogP contribution < -0.4 is 0 Å². The van der Waals surface area contributed by atoms with Gasteiger partial charge in [0.05, 0.1) is 11.6 Å². The first-order valence-electron chi connectivity index (χ1n) is 14.8. The summed E-state index contributed by atoms with van der Waals surface area (Å²) in [7, 11) is 0. The van der Waals surface area contributed by atoms with Crippen LogP contribution in [0.15, 0.2) is 176 Å². The third-order valence-corrected chi connectivity index (χ3v) is 8.16. The highest BCUT2D eigenvalue weighted by molar-refractivity contribution is 5.82. The van der Waals surface area contributed by atoms with E-state index in [1.807, 2.05) is 24.3 Å². The second-order valence-corrected chi connectivity index (χ2v) is 10.9. The third-order valence-electron chi connectivity index (χ3n) is 8.16. The summed E-state index contributed by atoms with van der Waals surface area (Å²) in [5, 5.41) is 9.96. The number of benzene rings is 7. The number of hydrogen-bond donors (Lipinski definition) is 0. The molecule has 0 aromatic heterocycles. The van der Waals surface area contributed by atoms with Gasteiger partial charge in [-0.15, -0.1) is 0 Å². The number of hydrogen-bond acceptors (Lipinski definition) is 1. The Morgan fingerprint density at radius 3 is 1.07 bits per heavy atom. The quantitative estimate of drug-likeness (QED) is 0.199. The van der Waals surface area contributed by atoms with Crippen molar-refractivity contribution in [3.8, 4) is 72.8 Å². The van der Waals surface area contributed by atoms with Crippen LogP contribution in [0, 0.1) is 11.3 Å². The van der Waals surface area contributed by atoms with Crippen LogP contribution in [0.1, 0.15) is 5.56 Å². The van der Waals surface area contributed by atoms with E-state index in [0.29, 0.717) is 5.56 Å². The van der Waals surface area contributed by atoms with E-state index in [2.05, 4.69) is 158 Å². The standard InChI is InChI=1S/C43H29N/c44-30-42-26-25-41(40-16-8-15-39(28-40)34-19-17-33(18-20-34)31-9-3-1-4-10-31)29-43(42)36-23-21-35(22-24-36)38-14-7-13-37(27-38)32-11-5-2-6-12-32/h1-29H. The Hall–Kier alpha value is -5.97. The average Bonchev–Trinajstić information content (AvgIpc) is 3.12. The summed E-state index contributed by atoms with van der Waals surface area (Å²) in [4.78, 5) is 0. The Balaban J connectivity index is 1.18. The van der Waals surface area contributed by atoms with Crippen LogP contribution in [-0.4, -0.2) is 0 Å². The zero-order chi connectivity index (χ0) is 29.7. The van der Waals surface area contributed by atoms with E-state index in [1.165, 1.54) is 33.4 Å². The molecule has 44 heavy (non-hydrogen) atoms. The molecule has 7 aromatic rings. The molecule has 7 aromatic carbocycles. The Kier molecular flexibility index (Phi) is 7.40. The molecule has 0 aliphatic carbocycles. The van der Waals surface area contributed by atoms with Crippen LogP contribution in [0.2, 0.25) is 0 Å². The molecule has 0 radical (unpaired) electrons. The second kappa shape index (κ2) is 12.1. The largest absolute Gasteiger partial charge is 0.192 e. The monoisotopic (exact) mass is 559 g/mol. The maximum absolute atomic E-state index is 9.96. The Morgan fingerprint density at radius 2 is 0.591 bits per heavy atom. The van der Waals surface area contributed by atoms with Gasteiger partial charge < -0.3 is 0 Å². The molecule has 0 saturated heterocycles. The SMILES string of the molecule is N#Cc1ccc(-c2cccc(-c3ccc(-c4ccccc4)cc3)c2)cc1-c1ccc(-c2cccc(-c3ccccc3)c2)cc1. The molecule has 1 nitrogen and oxygen atoms in total. The molecule has 0 aliphatic rings. The zero-order valence-electron chi connectivity index (χ0n) is 24.2. The van der Waals surface area contributed by atoms with Crippen molar-refractivity contribution in [2.45, 2.75) is 0 Å². The van der Waals surface area contributed by atoms with E-state index >= 15 is 0 Å². The van der Waals surface area contributed by atoms with Crippen LogP contribution in [0.5, 0.6) is 0 Å². The Bertz CT molecular complexity index is 2080. The first kappa shape index (κ1) is 26.9. The summed E-state index contributed by atoms with van der Waals surface area (Å²) in [6.07, 6.45) is 0. The van der Waals surface area contributed by atoms with E-state index in [1.54, 1.807) is 0 Å². The van der Waals surface area contributed by atoms with E-state index in [4.69, 9.17) is 0 Å². The predicted octanol–water partition coefficient (Wildman–Crippen LogP) is 11.6. The van der Waals surface area contributed by atoms with Crippen LogP contribution >= 0.6 is 0 Å². The summed E-state index contributed by atoms with van der Waals surface area (Å²) in [6, 6.07) is 63.9. The molecule has 1 heteroatoms. The highest BCUT2D eigenvalue weighted by Gasteiger charge is 2.10. The van der Waals surface area contributed by atoms with E-state index in [0.717, 1.165) is 33.4 Å². The van der Waals surface area contributed by atoms with Crippen molar-refractivity contribution < 1.29 is 0 Å². The van der Waals surface area contributed by atoms with Crippen molar-refractivity contribution in [2.24, 2.45) is 0 Å². The molecule has 0 aliphatic heterocycles. The van der Waals surface area contributed by atoms with E-state index < -0.39 is 0 Å². The summed E-state index contributed by atoms with van der Waals surface area (Å²) in [5.74, 6) is 0. The topological polar surface area (TPSA) is 23.8 Å². The van der Waals surface area contributed by atoms with Crippen molar-refractivity contribution in [1.29, 1.82) is 5.26 Å². The van der Waals surface area contributed by atoms with Crippen LogP contribution in [0.25, 0.3) is 66.8 Å². The van der Waals surface area contributed by atoms with Crippen molar-refractivity contribution in [3.05, 3.63) is 181 Å². The normalized spacial score (nSPS) is 10.7. The Morgan fingerprint density at radius 1 is 0.273 bits per heavy atom. The van der Waals surface area contributed by atoms with Crippen molar-refractivity contribution >= 4 is 0 Å². The van der Waals surface area contributed by atoms with Gasteiger partial charge in [-0.05, 0) is 85.5 Å². The summed E-state index contributed by atoms with van der Waals surface area (Å²) in [6.45, 7) is 0. The average molecular weight is 560 g/mol. The molecular weight excluding hydrogens is 530 g/mol. The molecule has 0 bridgehead atoms. The van der Waals surface area contributed by atoms with Crippen LogP contribution in [0.3, 0.4) is 0 Å². The number of nitriles is 1. The highest BCUT2D eigenvalue weighted by Crippen LogP contribution is 2.34. The van der Waals surface area contributed by atoms with Gasteiger partial charge in [-0.1, -0.05) is 152 Å². The van der Waals surface area contributed by atoms with Gasteiger partial charge >= 0.3 is 0 Å². The summed E-state index contributed by atoms with van der Waals surface area (Å²) in [5.41, 5.74) is 14.3. The molecule has 206 valence electrons. The summed E-state index contributed by atoms with van der Waals surface area (Å²) < 4.78 is 0. The van der Waals surface area contributed by atoms with Crippen LogP contribution in [0.4, 0.5) is 0 Å². The molecule has 0 atom stereocenters. The molecule has 0 N–H and O–H groups in total. The molecule has 7 rings (SSSR count).